The maximum Gasteiger partial charge on any atom is 0.262 e. The van der Waals surface area contributed by atoms with Crippen LogP contribution in [-0.4, -0.2) is 47.3 Å². The highest BCUT2D eigenvalue weighted by molar-refractivity contribution is 6.22. The van der Waals surface area contributed by atoms with E-state index in [4.69, 9.17) is 0 Å². The average Bonchev–Trinajstić information content (AvgIpc) is 2.77. The number of benzene rings is 1. The minimum Gasteiger partial charge on any atom is -0.351 e. The van der Waals surface area contributed by atoms with Crippen molar-refractivity contribution in [1.29, 1.82) is 0 Å². The molecule has 2 aliphatic heterocycles. The standard InChI is InChI=1S/C18H23N3O3/c1-10-4-5-14-15(8-10)18(24)21(17(14)23)12(3)16(22)20-13-6-7-19-11(2)9-13/h4-5,8,11-13,19H,6-7,9H2,1-3H3,(H,20,22). The van der Waals surface area contributed by atoms with E-state index in [1.165, 1.54) is 0 Å². The number of nitrogens with one attached hydrogen (secondary N) is 2. The van der Waals surface area contributed by atoms with E-state index in [2.05, 4.69) is 17.6 Å². The Morgan fingerprint density at radius 2 is 2.00 bits per heavy atom. The zero-order valence-corrected chi connectivity index (χ0v) is 14.3. The largest absolute Gasteiger partial charge is 0.351 e. The van der Waals surface area contributed by atoms with Gasteiger partial charge in [-0.2, -0.15) is 0 Å². The molecule has 0 spiro atoms. The number of amides is 3. The van der Waals surface area contributed by atoms with Crippen molar-refractivity contribution in [3.63, 3.8) is 0 Å². The third-order valence-electron chi connectivity index (χ3n) is 4.81. The zero-order chi connectivity index (χ0) is 17.4. The lowest BCUT2D eigenvalue weighted by Gasteiger charge is -2.30. The molecule has 1 aromatic carbocycles. The number of piperidine rings is 1. The second-order valence-corrected chi connectivity index (χ2v) is 6.79. The summed E-state index contributed by atoms with van der Waals surface area (Å²) in [7, 11) is 0. The number of hydrogen-bond acceptors (Lipinski definition) is 4. The zero-order valence-electron chi connectivity index (χ0n) is 14.3. The number of rotatable bonds is 3. The van der Waals surface area contributed by atoms with Crippen molar-refractivity contribution in [2.45, 2.75) is 51.7 Å². The summed E-state index contributed by atoms with van der Waals surface area (Å²) < 4.78 is 0. The Morgan fingerprint density at radius 3 is 2.71 bits per heavy atom. The Bertz CT molecular complexity index is 701. The second-order valence-electron chi connectivity index (χ2n) is 6.79. The van der Waals surface area contributed by atoms with E-state index in [1.54, 1.807) is 25.1 Å². The molecule has 24 heavy (non-hydrogen) atoms. The fourth-order valence-electron chi connectivity index (χ4n) is 3.43. The fraction of sp³-hybridized carbons (Fsp3) is 0.500. The first kappa shape index (κ1) is 16.6. The number of nitrogens with zero attached hydrogens (tertiary/aromatic N) is 1. The average molecular weight is 329 g/mol. The minimum absolute atomic E-state index is 0.0774. The predicted octanol–water partition coefficient (Wildman–Crippen LogP) is 1.24. The van der Waals surface area contributed by atoms with Gasteiger partial charge in [0.15, 0.2) is 0 Å². The molecule has 2 heterocycles. The Hall–Kier alpha value is -2.21. The topological polar surface area (TPSA) is 78.5 Å². The van der Waals surface area contributed by atoms with Crippen molar-refractivity contribution >= 4 is 17.7 Å². The summed E-state index contributed by atoms with van der Waals surface area (Å²) in [5, 5.41) is 6.31. The molecular formula is C18H23N3O3. The van der Waals surface area contributed by atoms with Crippen LogP contribution in [0.2, 0.25) is 0 Å². The van der Waals surface area contributed by atoms with Crippen molar-refractivity contribution in [3.05, 3.63) is 34.9 Å². The van der Waals surface area contributed by atoms with E-state index in [0.29, 0.717) is 17.2 Å². The highest BCUT2D eigenvalue weighted by atomic mass is 16.2. The summed E-state index contributed by atoms with van der Waals surface area (Å²) in [4.78, 5) is 38.7. The van der Waals surface area contributed by atoms with Gasteiger partial charge < -0.3 is 10.6 Å². The van der Waals surface area contributed by atoms with Crippen molar-refractivity contribution in [1.82, 2.24) is 15.5 Å². The van der Waals surface area contributed by atoms with Gasteiger partial charge in [0.1, 0.15) is 6.04 Å². The summed E-state index contributed by atoms with van der Waals surface area (Å²) >= 11 is 0. The van der Waals surface area contributed by atoms with Crippen LogP contribution in [0.4, 0.5) is 0 Å². The van der Waals surface area contributed by atoms with E-state index >= 15 is 0 Å². The number of aryl methyl sites for hydroxylation is 1. The van der Waals surface area contributed by atoms with E-state index in [0.717, 1.165) is 29.8 Å². The molecule has 0 aromatic heterocycles. The smallest absolute Gasteiger partial charge is 0.262 e. The van der Waals surface area contributed by atoms with Gasteiger partial charge in [0.25, 0.3) is 11.8 Å². The maximum atomic E-state index is 12.6. The molecule has 3 amide bonds. The normalized spacial score (nSPS) is 24.7. The molecule has 6 heteroatoms. The molecule has 6 nitrogen and oxygen atoms in total. The third-order valence-corrected chi connectivity index (χ3v) is 4.81. The highest BCUT2D eigenvalue weighted by Gasteiger charge is 2.41. The number of carbonyl (C=O) groups is 3. The summed E-state index contributed by atoms with van der Waals surface area (Å²) in [5.74, 6) is -1.06. The summed E-state index contributed by atoms with van der Waals surface area (Å²) in [6.45, 7) is 6.41. The third kappa shape index (κ3) is 2.94. The maximum absolute atomic E-state index is 12.6. The Kier molecular flexibility index (Phi) is 4.41. The first-order valence-electron chi connectivity index (χ1n) is 8.40. The molecule has 3 rings (SSSR count). The van der Waals surface area contributed by atoms with Crippen LogP contribution >= 0.6 is 0 Å². The molecular weight excluding hydrogens is 306 g/mol. The van der Waals surface area contributed by atoms with Gasteiger partial charge >= 0.3 is 0 Å². The van der Waals surface area contributed by atoms with Crippen LogP contribution in [-0.2, 0) is 4.79 Å². The number of imide groups is 1. The molecule has 0 radical (unpaired) electrons. The number of fused-ring (bicyclic) bond motifs is 1. The molecule has 2 N–H and O–H groups in total. The van der Waals surface area contributed by atoms with E-state index in [9.17, 15) is 14.4 Å². The number of carbonyl (C=O) groups excluding carboxylic acids is 3. The van der Waals surface area contributed by atoms with Crippen molar-refractivity contribution in [3.8, 4) is 0 Å². The molecule has 3 atom stereocenters. The first-order valence-corrected chi connectivity index (χ1v) is 8.40. The van der Waals surface area contributed by atoms with Gasteiger partial charge in [0, 0.05) is 12.1 Å². The molecule has 2 aliphatic rings. The van der Waals surface area contributed by atoms with Crippen LogP contribution in [0.5, 0.6) is 0 Å². The second kappa shape index (κ2) is 6.36. The number of hydrogen-bond donors (Lipinski definition) is 2. The van der Waals surface area contributed by atoms with Crippen molar-refractivity contribution in [2.24, 2.45) is 0 Å². The molecule has 1 fully saturated rings. The van der Waals surface area contributed by atoms with Crippen LogP contribution in [0, 0.1) is 6.92 Å². The molecule has 3 unspecified atom stereocenters. The van der Waals surface area contributed by atoms with Gasteiger partial charge in [-0.1, -0.05) is 11.6 Å². The molecule has 0 bridgehead atoms. The Balaban J connectivity index is 1.73. The Morgan fingerprint density at radius 1 is 1.29 bits per heavy atom. The monoisotopic (exact) mass is 329 g/mol. The van der Waals surface area contributed by atoms with Crippen molar-refractivity contribution < 1.29 is 14.4 Å². The SMILES string of the molecule is Cc1ccc2c(c1)C(=O)N(C(C)C(=O)NC1CCNC(C)C1)C2=O. The van der Waals surface area contributed by atoms with E-state index in [1.807, 2.05) is 6.92 Å². The van der Waals surface area contributed by atoms with Gasteiger partial charge in [-0.3, -0.25) is 19.3 Å². The molecule has 0 saturated carbocycles. The van der Waals surface area contributed by atoms with Crippen LogP contribution in [0.3, 0.4) is 0 Å². The summed E-state index contributed by atoms with van der Waals surface area (Å²) in [6, 6.07) is 4.77. The lowest BCUT2D eigenvalue weighted by atomic mass is 10.0. The minimum atomic E-state index is -0.817. The van der Waals surface area contributed by atoms with Crippen LogP contribution in [0.1, 0.15) is 53.0 Å². The molecule has 1 aromatic rings. The van der Waals surface area contributed by atoms with Gasteiger partial charge in [-0.05, 0) is 52.3 Å². The lowest BCUT2D eigenvalue weighted by molar-refractivity contribution is -0.125. The van der Waals surface area contributed by atoms with Gasteiger partial charge in [0.2, 0.25) is 5.91 Å². The van der Waals surface area contributed by atoms with Gasteiger partial charge in [-0.15, -0.1) is 0 Å². The quantitative estimate of drug-likeness (QED) is 0.818. The van der Waals surface area contributed by atoms with Gasteiger partial charge in [0.05, 0.1) is 11.1 Å². The molecule has 1 saturated heterocycles. The Labute approximate surface area is 141 Å². The lowest BCUT2D eigenvalue weighted by Crippen LogP contribution is -2.53. The van der Waals surface area contributed by atoms with Crippen molar-refractivity contribution in [2.75, 3.05) is 6.54 Å². The summed E-state index contributed by atoms with van der Waals surface area (Å²) in [5.41, 5.74) is 1.67. The summed E-state index contributed by atoms with van der Waals surface area (Å²) in [6.07, 6.45) is 1.70. The highest BCUT2D eigenvalue weighted by Crippen LogP contribution is 2.25. The molecule has 0 aliphatic carbocycles. The first-order chi connectivity index (χ1) is 11.4. The van der Waals surface area contributed by atoms with E-state index in [-0.39, 0.29) is 17.9 Å². The fourth-order valence-corrected chi connectivity index (χ4v) is 3.43. The van der Waals surface area contributed by atoms with Crippen LogP contribution < -0.4 is 10.6 Å². The van der Waals surface area contributed by atoms with Crippen LogP contribution in [0.15, 0.2) is 18.2 Å². The van der Waals surface area contributed by atoms with E-state index < -0.39 is 11.9 Å². The predicted molar refractivity (Wildman–Crippen MR) is 89.8 cm³/mol. The molecule has 128 valence electrons. The van der Waals surface area contributed by atoms with Crippen LogP contribution in [0.25, 0.3) is 0 Å². The van der Waals surface area contributed by atoms with Gasteiger partial charge in [-0.25, -0.2) is 0 Å².